The van der Waals surface area contributed by atoms with Crippen molar-refractivity contribution in [1.82, 2.24) is 19.6 Å². The summed E-state index contributed by atoms with van der Waals surface area (Å²) in [7, 11) is 0. The molecule has 8 nitrogen and oxygen atoms in total. The third-order valence-electron chi connectivity index (χ3n) is 4.43. The van der Waals surface area contributed by atoms with E-state index >= 15 is 0 Å². The van der Waals surface area contributed by atoms with Crippen LogP contribution in [0.5, 0.6) is 0 Å². The minimum Gasteiger partial charge on any atom is -0.480 e. The first kappa shape index (κ1) is 19.8. The maximum absolute atomic E-state index is 12.5. The molecule has 1 amide bonds. The number of carboxylic acids is 1. The molecule has 146 valence electrons. The molecule has 1 unspecified atom stereocenters. The first-order valence-electron chi connectivity index (χ1n) is 8.63. The highest BCUT2D eigenvalue weighted by Crippen LogP contribution is 2.21. The summed E-state index contributed by atoms with van der Waals surface area (Å²) in [4.78, 5) is 23.5. The normalized spacial score (nSPS) is 12.0. The third kappa shape index (κ3) is 4.14. The molecular weight excluding hydrogens is 426 g/mol. The predicted octanol–water partition coefficient (Wildman–Crippen LogP) is 3.41. The van der Waals surface area contributed by atoms with Gasteiger partial charge in [-0.15, -0.1) is 0 Å². The highest BCUT2D eigenvalue weighted by Gasteiger charge is 2.17. The second-order valence-electron chi connectivity index (χ2n) is 6.52. The van der Waals surface area contributed by atoms with E-state index in [1.54, 1.807) is 6.07 Å². The summed E-state index contributed by atoms with van der Waals surface area (Å²) in [6, 6.07) is 6.66. The first-order chi connectivity index (χ1) is 13.3. The average molecular weight is 446 g/mol. The maximum atomic E-state index is 12.5. The van der Waals surface area contributed by atoms with E-state index in [1.807, 2.05) is 36.7 Å². The molecular formula is C19H20BrN5O3. The molecule has 2 aromatic heterocycles. The second kappa shape index (κ2) is 7.97. The number of carbonyl (C=O) groups is 2. The Morgan fingerprint density at radius 2 is 2.07 bits per heavy atom. The molecule has 0 fully saturated rings. The van der Waals surface area contributed by atoms with Crippen molar-refractivity contribution in [2.75, 3.05) is 5.32 Å². The van der Waals surface area contributed by atoms with Crippen LogP contribution in [0.1, 0.15) is 40.3 Å². The molecule has 28 heavy (non-hydrogen) atoms. The van der Waals surface area contributed by atoms with Crippen LogP contribution in [0.25, 0.3) is 0 Å². The lowest BCUT2D eigenvalue weighted by molar-refractivity contribution is -0.140. The van der Waals surface area contributed by atoms with E-state index in [9.17, 15) is 9.59 Å². The zero-order valence-corrected chi connectivity index (χ0v) is 17.3. The van der Waals surface area contributed by atoms with E-state index in [-0.39, 0.29) is 5.91 Å². The van der Waals surface area contributed by atoms with E-state index in [2.05, 4.69) is 31.4 Å². The van der Waals surface area contributed by atoms with Gasteiger partial charge in [-0.1, -0.05) is 12.1 Å². The van der Waals surface area contributed by atoms with Gasteiger partial charge in [-0.05, 0) is 54.4 Å². The maximum Gasteiger partial charge on any atom is 0.328 e. The van der Waals surface area contributed by atoms with Gasteiger partial charge in [-0.25, -0.2) is 4.79 Å². The van der Waals surface area contributed by atoms with Gasteiger partial charge < -0.3 is 10.4 Å². The number of hydrogen-bond donors (Lipinski definition) is 2. The second-order valence-corrected chi connectivity index (χ2v) is 7.31. The quantitative estimate of drug-likeness (QED) is 0.605. The molecule has 0 aliphatic rings. The smallest absolute Gasteiger partial charge is 0.328 e. The number of aryl methyl sites for hydroxylation is 1. The lowest BCUT2D eigenvalue weighted by Gasteiger charge is -2.08. The fourth-order valence-corrected chi connectivity index (χ4v) is 3.02. The van der Waals surface area contributed by atoms with Gasteiger partial charge >= 0.3 is 5.97 Å². The SMILES string of the molecule is Cc1nn(Cc2cccc(NC(=O)c3cnn(C(C)C(=O)O)c3)c2)c(C)c1Br. The summed E-state index contributed by atoms with van der Waals surface area (Å²) >= 11 is 3.52. The summed E-state index contributed by atoms with van der Waals surface area (Å²) in [6.45, 7) is 6.01. The molecule has 9 heteroatoms. The van der Waals surface area contributed by atoms with Crippen LogP contribution in [0, 0.1) is 13.8 Å². The van der Waals surface area contributed by atoms with Crippen LogP contribution < -0.4 is 5.32 Å². The molecule has 3 rings (SSSR count). The number of nitrogens with zero attached hydrogens (tertiary/aromatic N) is 4. The molecule has 0 radical (unpaired) electrons. The molecule has 2 heterocycles. The van der Waals surface area contributed by atoms with Crippen LogP contribution >= 0.6 is 15.9 Å². The number of benzene rings is 1. The Morgan fingerprint density at radius 3 is 2.71 bits per heavy atom. The number of rotatable bonds is 6. The van der Waals surface area contributed by atoms with Crippen LogP contribution in [0.3, 0.4) is 0 Å². The van der Waals surface area contributed by atoms with E-state index in [0.717, 1.165) is 21.4 Å². The van der Waals surface area contributed by atoms with Crippen molar-refractivity contribution in [3.63, 3.8) is 0 Å². The fraction of sp³-hybridized carbons (Fsp3) is 0.263. The molecule has 0 aliphatic heterocycles. The molecule has 0 bridgehead atoms. The van der Waals surface area contributed by atoms with Crippen molar-refractivity contribution >= 4 is 33.5 Å². The van der Waals surface area contributed by atoms with Crippen LogP contribution in [0.2, 0.25) is 0 Å². The Labute approximate surface area is 170 Å². The molecule has 3 aromatic rings. The molecule has 2 N–H and O–H groups in total. The van der Waals surface area contributed by atoms with Gasteiger partial charge in [0.05, 0.1) is 34.2 Å². The monoisotopic (exact) mass is 445 g/mol. The summed E-state index contributed by atoms with van der Waals surface area (Å²) < 4.78 is 4.14. The average Bonchev–Trinajstić information content (AvgIpc) is 3.23. The van der Waals surface area contributed by atoms with Gasteiger partial charge in [0.25, 0.3) is 5.91 Å². The van der Waals surface area contributed by atoms with E-state index < -0.39 is 12.0 Å². The zero-order chi connectivity index (χ0) is 20.4. The van der Waals surface area contributed by atoms with Crippen LogP contribution in [0.15, 0.2) is 41.1 Å². The number of aliphatic carboxylic acids is 1. The summed E-state index contributed by atoms with van der Waals surface area (Å²) in [5.74, 6) is -1.37. The Balaban J connectivity index is 1.73. The Hall–Kier alpha value is -2.94. The number of anilines is 1. The van der Waals surface area contributed by atoms with Crippen molar-refractivity contribution in [2.45, 2.75) is 33.4 Å². The Bertz CT molecular complexity index is 1040. The van der Waals surface area contributed by atoms with Gasteiger partial charge in [0.2, 0.25) is 0 Å². The largest absolute Gasteiger partial charge is 0.480 e. The van der Waals surface area contributed by atoms with Crippen LogP contribution in [-0.2, 0) is 11.3 Å². The van der Waals surface area contributed by atoms with Gasteiger partial charge in [0, 0.05) is 11.9 Å². The van der Waals surface area contributed by atoms with Crippen molar-refractivity contribution in [2.24, 2.45) is 0 Å². The van der Waals surface area contributed by atoms with Crippen molar-refractivity contribution in [3.05, 3.63) is 63.6 Å². The fourth-order valence-electron chi connectivity index (χ4n) is 2.73. The molecule has 1 atom stereocenters. The van der Waals surface area contributed by atoms with E-state index in [4.69, 9.17) is 5.11 Å². The molecule has 0 saturated heterocycles. The minimum atomic E-state index is -1.02. The standard InChI is InChI=1S/C19H20BrN5O3/c1-11-17(20)12(2)25(23-11)9-14-5-4-6-16(7-14)22-18(26)15-8-21-24(10-15)13(3)19(27)28/h4-8,10,13H,9H2,1-3H3,(H,22,26)(H,27,28). The molecule has 0 spiro atoms. The number of amides is 1. The lowest BCUT2D eigenvalue weighted by Crippen LogP contribution is -2.16. The minimum absolute atomic E-state index is 0.293. The lowest BCUT2D eigenvalue weighted by atomic mass is 10.2. The van der Waals surface area contributed by atoms with Gasteiger partial charge in [-0.2, -0.15) is 10.2 Å². The van der Waals surface area contributed by atoms with Gasteiger partial charge in [-0.3, -0.25) is 14.2 Å². The number of carboxylic acid groups (broad SMARTS) is 1. The molecule has 1 aromatic carbocycles. The highest BCUT2D eigenvalue weighted by molar-refractivity contribution is 9.10. The van der Waals surface area contributed by atoms with Crippen LogP contribution in [-0.4, -0.2) is 36.5 Å². The zero-order valence-electron chi connectivity index (χ0n) is 15.7. The van der Waals surface area contributed by atoms with Gasteiger partial charge in [0.15, 0.2) is 0 Å². The molecule has 0 aliphatic carbocycles. The van der Waals surface area contributed by atoms with E-state index in [0.29, 0.717) is 17.8 Å². The summed E-state index contributed by atoms with van der Waals surface area (Å²) in [5, 5.41) is 20.3. The number of aromatic nitrogens is 4. The number of nitrogens with one attached hydrogen (secondary N) is 1. The Morgan fingerprint density at radius 1 is 1.32 bits per heavy atom. The Kier molecular flexibility index (Phi) is 5.64. The molecule has 0 saturated carbocycles. The van der Waals surface area contributed by atoms with E-state index in [1.165, 1.54) is 24.0 Å². The topological polar surface area (TPSA) is 102 Å². The van der Waals surface area contributed by atoms with Crippen molar-refractivity contribution in [1.29, 1.82) is 0 Å². The van der Waals surface area contributed by atoms with Crippen molar-refractivity contribution in [3.8, 4) is 0 Å². The number of halogens is 1. The summed E-state index contributed by atoms with van der Waals surface area (Å²) in [5.41, 5.74) is 3.88. The number of hydrogen-bond acceptors (Lipinski definition) is 4. The number of carbonyl (C=O) groups excluding carboxylic acids is 1. The predicted molar refractivity (Wildman–Crippen MR) is 107 cm³/mol. The highest BCUT2D eigenvalue weighted by atomic mass is 79.9. The van der Waals surface area contributed by atoms with Crippen LogP contribution in [0.4, 0.5) is 5.69 Å². The first-order valence-corrected chi connectivity index (χ1v) is 9.42. The van der Waals surface area contributed by atoms with Gasteiger partial charge in [0.1, 0.15) is 6.04 Å². The summed E-state index contributed by atoms with van der Waals surface area (Å²) in [6.07, 6.45) is 2.78. The van der Waals surface area contributed by atoms with Crippen molar-refractivity contribution < 1.29 is 14.7 Å². The third-order valence-corrected chi connectivity index (χ3v) is 5.58.